The highest BCUT2D eigenvalue weighted by Crippen LogP contribution is 2.27. The summed E-state index contributed by atoms with van der Waals surface area (Å²) < 4.78 is 0. The van der Waals surface area contributed by atoms with Gasteiger partial charge in [0.05, 0.1) is 6.54 Å². The number of aromatic amines is 1. The van der Waals surface area contributed by atoms with E-state index in [1.165, 1.54) is 5.56 Å². The Kier molecular flexibility index (Phi) is 5.57. The van der Waals surface area contributed by atoms with Gasteiger partial charge < -0.3 is 4.98 Å². The number of nitrogens with one attached hydrogen (secondary N) is 1. The smallest absolute Gasteiger partial charge is 0.252 e. The molecule has 0 fully saturated rings. The van der Waals surface area contributed by atoms with Gasteiger partial charge in [0.1, 0.15) is 0 Å². The molecule has 0 saturated heterocycles. The molecule has 0 saturated carbocycles. The van der Waals surface area contributed by atoms with Crippen LogP contribution in [-0.2, 0) is 12.2 Å². The summed E-state index contributed by atoms with van der Waals surface area (Å²) in [7, 11) is 4.02. The maximum atomic E-state index is 12.1. The minimum Gasteiger partial charge on any atom is -0.322 e. The molecule has 0 unspecified atom stereocenters. The minimum absolute atomic E-state index is 0. The van der Waals surface area contributed by atoms with E-state index in [4.69, 9.17) is 0 Å². The van der Waals surface area contributed by atoms with E-state index in [0.29, 0.717) is 0 Å². The number of aryl methyl sites for hydroxylation is 1. The highest BCUT2D eigenvalue weighted by Gasteiger charge is 2.16. The number of fused-ring (bicyclic) bond motifs is 3. The molecule has 0 spiro atoms. The van der Waals surface area contributed by atoms with Gasteiger partial charge in [-0.25, -0.2) is 0 Å². The third-order valence-electron chi connectivity index (χ3n) is 3.60. The van der Waals surface area contributed by atoms with E-state index in [2.05, 4.69) is 22.9 Å². The maximum absolute atomic E-state index is 12.1. The fourth-order valence-electron chi connectivity index (χ4n) is 2.56. The van der Waals surface area contributed by atoms with Crippen LogP contribution in [0.15, 0.2) is 23.0 Å². The number of pyridine rings is 1. The van der Waals surface area contributed by atoms with Crippen molar-refractivity contribution in [3.63, 3.8) is 0 Å². The van der Waals surface area contributed by atoms with Crippen molar-refractivity contribution in [2.45, 2.75) is 12.2 Å². The van der Waals surface area contributed by atoms with E-state index >= 15 is 0 Å². The second kappa shape index (κ2) is 7.23. The van der Waals surface area contributed by atoms with Crippen LogP contribution in [0.2, 0.25) is 0 Å². The zero-order valence-electron chi connectivity index (χ0n) is 12.7. The molecule has 3 rings (SSSR count). The largest absolute Gasteiger partial charge is 0.322 e. The summed E-state index contributed by atoms with van der Waals surface area (Å²) in [4.78, 5) is 17.1. The Morgan fingerprint density at radius 3 is 2.91 bits per heavy atom. The molecule has 116 valence electrons. The number of rotatable bonds is 1. The molecule has 2 aromatic rings. The maximum Gasteiger partial charge on any atom is 0.252 e. The zero-order chi connectivity index (χ0) is 14.8. The van der Waals surface area contributed by atoms with Crippen molar-refractivity contribution in [2.24, 2.45) is 0 Å². The molecule has 3 nitrogen and oxygen atoms in total. The molecule has 0 amide bonds. The average molecular weight is 335 g/mol. The van der Waals surface area contributed by atoms with Crippen molar-refractivity contribution >= 4 is 35.1 Å². The molecule has 1 aliphatic heterocycles. The first-order chi connectivity index (χ1) is 10.1. The van der Waals surface area contributed by atoms with Crippen LogP contribution in [0.5, 0.6) is 0 Å². The fraction of sp³-hybridized carbons (Fsp3) is 0.353. The molecule has 0 radical (unpaired) electrons. The Morgan fingerprint density at radius 2 is 2.14 bits per heavy atom. The van der Waals surface area contributed by atoms with Crippen LogP contribution in [0.4, 0.5) is 0 Å². The first-order valence-electron chi connectivity index (χ1n) is 7.04. The highest BCUT2D eigenvalue weighted by atomic mass is 35.5. The zero-order valence-corrected chi connectivity index (χ0v) is 14.4. The van der Waals surface area contributed by atoms with E-state index in [-0.39, 0.29) is 18.0 Å². The van der Waals surface area contributed by atoms with Gasteiger partial charge in [-0.1, -0.05) is 11.8 Å². The van der Waals surface area contributed by atoms with Gasteiger partial charge in [0.25, 0.3) is 5.56 Å². The quantitative estimate of drug-likeness (QED) is 0.814. The molecule has 5 heteroatoms. The van der Waals surface area contributed by atoms with Gasteiger partial charge in [-0.15, -0.1) is 12.4 Å². The molecule has 1 aromatic heterocycles. The molecule has 1 aliphatic rings. The number of benzene rings is 1. The molecular formula is C17H19ClN2OS. The predicted octanol–water partition coefficient (Wildman–Crippen LogP) is 2.65. The lowest BCUT2D eigenvalue weighted by molar-refractivity contribution is 0.464. The van der Waals surface area contributed by atoms with Crippen molar-refractivity contribution in [1.29, 1.82) is 0 Å². The molecule has 0 aliphatic carbocycles. The molecule has 1 N–H and O–H groups in total. The Balaban J connectivity index is 0.00000176. The molecule has 1 aromatic carbocycles. The first-order valence-corrected chi connectivity index (χ1v) is 8.20. The second-order valence-electron chi connectivity index (χ2n) is 5.51. The average Bonchev–Trinajstić information content (AvgIpc) is 2.48. The lowest BCUT2D eigenvalue weighted by Gasteiger charge is -2.16. The summed E-state index contributed by atoms with van der Waals surface area (Å²) in [6.45, 7) is 0.748. The number of halogens is 1. The Hall–Kier alpha value is -1.41. The normalized spacial score (nSPS) is 13.2. The van der Waals surface area contributed by atoms with Crippen LogP contribution in [0.3, 0.4) is 0 Å². The van der Waals surface area contributed by atoms with Gasteiger partial charge in [0.2, 0.25) is 0 Å². The third-order valence-corrected chi connectivity index (χ3v) is 4.59. The number of hydrogen-bond acceptors (Lipinski definition) is 3. The van der Waals surface area contributed by atoms with Gasteiger partial charge in [0, 0.05) is 27.8 Å². The summed E-state index contributed by atoms with van der Waals surface area (Å²) in [5.41, 5.74) is 4.15. The third kappa shape index (κ3) is 3.49. The summed E-state index contributed by atoms with van der Waals surface area (Å²) in [6, 6.07) is 6.06. The monoisotopic (exact) mass is 334 g/mol. The van der Waals surface area contributed by atoms with E-state index < -0.39 is 0 Å². The van der Waals surface area contributed by atoms with Crippen LogP contribution in [-0.4, -0.2) is 36.3 Å². The number of nitrogens with zero attached hydrogens (tertiary/aromatic N) is 1. The Morgan fingerprint density at radius 1 is 1.32 bits per heavy atom. The topological polar surface area (TPSA) is 36.1 Å². The standard InChI is InChI=1S/C17H18N2OS.ClH/c1-19(2)8-3-4-12-5-6-16-14(10-12)13-7-9-21-11-15(13)17(20)18-16;/h5-6,10H,7-9,11H2,1-2H3,(H,18,20);1H. The van der Waals surface area contributed by atoms with E-state index in [1.54, 1.807) is 0 Å². The highest BCUT2D eigenvalue weighted by molar-refractivity contribution is 7.98. The van der Waals surface area contributed by atoms with Gasteiger partial charge in [0.15, 0.2) is 0 Å². The number of H-pyrrole nitrogens is 1. The minimum atomic E-state index is 0. The van der Waals surface area contributed by atoms with Crippen LogP contribution >= 0.6 is 24.2 Å². The number of aromatic nitrogens is 1. The van der Waals surface area contributed by atoms with Crippen LogP contribution < -0.4 is 5.56 Å². The molecule has 0 bridgehead atoms. The SMILES string of the molecule is CN(C)CC#Cc1ccc2[nH]c(=O)c3c(c2c1)CCSC3.Cl. The number of thioether (sulfide) groups is 1. The first kappa shape index (κ1) is 17.0. The molecule has 0 atom stereocenters. The van der Waals surface area contributed by atoms with Gasteiger partial charge in [-0.05, 0) is 50.0 Å². The Bertz CT molecular complexity index is 802. The van der Waals surface area contributed by atoms with Crippen LogP contribution in [0.1, 0.15) is 16.7 Å². The van der Waals surface area contributed by atoms with Gasteiger partial charge in [-0.2, -0.15) is 11.8 Å². The van der Waals surface area contributed by atoms with Crippen molar-refractivity contribution < 1.29 is 0 Å². The molecular weight excluding hydrogens is 316 g/mol. The summed E-state index contributed by atoms with van der Waals surface area (Å²) >= 11 is 1.83. The molecule has 22 heavy (non-hydrogen) atoms. The summed E-state index contributed by atoms with van der Waals surface area (Å²) in [5.74, 6) is 8.26. The van der Waals surface area contributed by atoms with Crippen LogP contribution in [0.25, 0.3) is 10.9 Å². The summed E-state index contributed by atoms with van der Waals surface area (Å²) in [6.07, 6.45) is 0.967. The fourth-order valence-corrected chi connectivity index (χ4v) is 3.57. The Labute approximate surface area is 140 Å². The van der Waals surface area contributed by atoms with Crippen molar-refractivity contribution in [1.82, 2.24) is 9.88 Å². The van der Waals surface area contributed by atoms with Crippen molar-refractivity contribution in [2.75, 3.05) is 26.4 Å². The summed E-state index contributed by atoms with van der Waals surface area (Å²) in [5, 5.41) is 1.15. The van der Waals surface area contributed by atoms with Crippen molar-refractivity contribution in [3.05, 3.63) is 45.2 Å². The molecule has 2 heterocycles. The van der Waals surface area contributed by atoms with Crippen molar-refractivity contribution in [3.8, 4) is 11.8 Å². The van der Waals surface area contributed by atoms with Gasteiger partial charge >= 0.3 is 0 Å². The van der Waals surface area contributed by atoms with E-state index in [9.17, 15) is 4.79 Å². The predicted molar refractivity (Wildman–Crippen MR) is 97.1 cm³/mol. The van der Waals surface area contributed by atoms with Crippen LogP contribution in [0, 0.1) is 11.8 Å². The second-order valence-corrected chi connectivity index (χ2v) is 6.62. The van der Waals surface area contributed by atoms with E-state index in [1.807, 2.05) is 42.9 Å². The number of hydrogen-bond donors (Lipinski definition) is 1. The van der Waals surface area contributed by atoms with Gasteiger partial charge in [-0.3, -0.25) is 9.69 Å². The van der Waals surface area contributed by atoms with E-state index in [0.717, 1.165) is 46.5 Å². The lowest BCUT2D eigenvalue weighted by Crippen LogP contribution is -2.18. The lowest BCUT2D eigenvalue weighted by atomic mass is 10.00.